The summed E-state index contributed by atoms with van der Waals surface area (Å²) in [7, 11) is 0. The van der Waals surface area contributed by atoms with Gasteiger partial charge in [0.2, 0.25) is 0 Å². The highest BCUT2D eigenvalue weighted by Gasteiger charge is 2.36. The fourth-order valence-electron chi connectivity index (χ4n) is 3.70. The molecule has 2 aromatic carbocycles. The zero-order valence-corrected chi connectivity index (χ0v) is 19.7. The lowest BCUT2D eigenvalue weighted by atomic mass is 9.91. The Bertz CT molecular complexity index is 1370. The molecule has 4 aromatic rings. The predicted molar refractivity (Wildman–Crippen MR) is 119 cm³/mol. The Morgan fingerprint density at radius 2 is 1.60 bits per heavy atom. The lowest BCUT2D eigenvalue weighted by molar-refractivity contribution is -0.274. The van der Waals surface area contributed by atoms with Crippen LogP contribution in [0.4, 0.5) is 26.3 Å². The average molecular weight is 520 g/mol. The number of aryl methyl sites for hydroxylation is 1. The molecular weight excluding hydrogens is 500 g/mol. The van der Waals surface area contributed by atoms with Gasteiger partial charge in [-0.25, -0.2) is 9.97 Å². The second-order valence-electron chi connectivity index (χ2n) is 8.72. The zero-order chi connectivity index (χ0) is 25.1. The van der Waals surface area contributed by atoms with E-state index in [-0.39, 0.29) is 46.2 Å². The molecule has 0 fully saturated rings. The number of ether oxygens (including phenoxy) is 1. The Balaban J connectivity index is 0.00000342. The number of alkyl halides is 6. The lowest BCUT2D eigenvalue weighted by Crippen LogP contribution is -2.17. The Kier molecular flexibility index (Phi) is 6.62. The van der Waals surface area contributed by atoms with Crippen molar-refractivity contribution in [3.05, 3.63) is 53.4 Å². The predicted octanol–water partition coefficient (Wildman–Crippen LogP) is 7.83. The number of rotatable bonds is 3. The van der Waals surface area contributed by atoms with Gasteiger partial charge in [-0.15, -0.1) is 25.6 Å². The van der Waals surface area contributed by atoms with Crippen molar-refractivity contribution in [1.29, 1.82) is 0 Å². The molecule has 2 heterocycles. The number of nitrogens with one attached hydrogen (secondary N) is 1. The van der Waals surface area contributed by atoms with Crippen LogP contribution < -0.4 is 4.74 Å². The summed E-state index contributed by atoms with van der Waals surface area (Å²) in [5.74, 6) is -0.150. The molecule has 0 unspecified atom stereocenters. The first-order chi connectivity index (χ1) is 15.6. The van der Waals surface area contributed by atoms with Crippen LogP contribution in [0.1, 0.15) is 37.8 Å². The number of halogens is 7. The third-order valence-electron chi connectivity index (χ3n) is 5.03. The number of imidazole rings is 1. The highest BCUT2D eigenvalue weighted by atomic mass is 35.5. The van der Waals surface area contributed by atoms with Crippen LogP contribution in [0.5, 0.6) is 5.75 Å². The van der Waals surface area contributed by atoms with E-state index in [1.807, 2.05) is 20.8 Å². The zero-order valence-electron chi connectivity index (χ0n) is 18.9. The summed E-state index contributed by atoms with van der Waals surface area (Å²) in [6, 6.07) is 6.99. The van der Waals surface area contributed by atoms with Gasteiger partial charge < -0.3 is 14.1 Å². The first-order valence-corrected chi connectivity index (χ1v) is 10.1. The van der Waals surface area contributed by atoms with Crippen molar-refractivity contribution >= 4 is 23.4 Å². The van der Waals surface area contributed by atoms with E-state index in [0.29, 0.717) is 11.5 Å². The molecule has 0 aliphatic rings. The normalized spacial score (nSPS) is 12.6. The number of nitrogens with zero attached hydrogens (tertiary/aromatic N) is 2. The molecule has 4 rings (SSSR count). The summed E-state index contributed by atoms with van der Waals surface area (Å²) < 4.78 is 89.9. The summed E-state index contributed by atoms with van der Waals surface area (Å²) in [5.41, 5.74) is -1.62. The maximum atomic E-state index is 13.9. The average Bonchev–Trinajstić information content (AvgIpc) is 3.28. The second kappa shape index (κ2) is 8.78. The van der Waals surface area contributed by atoms with Crippen LogP contribution in [0.15, 0.2) is 40.8 Å². The summed E-state index contributed by atoms with van der Waals surface area (Å²) in [4.78, 5) is 11.2. The van der Waals surface area contributed by atoms with E-state index < -0.39 is 29.4 Å². The van der Waals surface area contributed by atoms with Crippen LogP contribution in [-0.2, 0) is 11.6 Å². The SMILES string of the molecule is Cc1oc(-c2nc3c(C(F)(F)F)cc(-c4ccccc4OC(F)(F)F)cc3[nH]2)nc1C(C)(C)C.Cl. The molecule has 0 amide bonds. The Hall–Kier alpha value is -3.21. The van der Waals surface area contributed by atoms with Crippen LogP contribution in [-0.4, -0.2) is 21.3 Å². The van der Waals surface area contributed by atoms with Gasteiger partial charge in [-0.2, -0.15) is 13.2 Å². The minimum absolute atomic E-state index is 0. The van der Waals surface area contributed by atoms with Gasteiger partial charge in [0, 0.05) is 11.0 Å². The monoisotopic (exact) mass is 519 g/mol. The van der Waals surface area contributed by atoms with Gasteiger partial charge in [0.25, 0.3) is 5.89 Å². The van der Waals surface area contributed by atoms with Gasteiger partial charge in [0.15, 0.2) is 5.82 Å². The molecular formula is C23H20ClF6N3O2. The van der Waals surface area contributed by atoms with Crippen LogP contribution in [0, 0.1) is 6.92 Å². The van der Waals surface area contributed by atoms with E-state index in [9.17, 15) is 26.3 Å². The summed E-state index contributed by atoms with van der Waals surface area (Å²) in [6.07, 6.45) is -9.84. The van der Waals surface area contributed by atoms with Gasteiger partial charge in [-0.1, -0.05) is 39.0 Å². The standard InChI is InChI=1S/C23H19F6N3O2.ClH/c1-11-18(21(2,3)4)32-20(33-11)19-30-15-10-12(9-14(17(15)31-19)22(24,25)26)13-7-5-6-8-16(13)34-23(27,28)29;/h5-10H,1-4H3,(H,30,31);1H. The molecule has 0 atom stereocenters. The largest absolute Gasteiger partial charge is 0.573 e. The number of para-hydroxylation sites is 1. The maximum Gasteiger partial charge on any atom is 0.573 e. The lowest BCUT2D eigenvalue weighted by Gasteiger charge is -2.15. The molecule has 12 heteroatoms. The third kappa shape index (κ3) is 5.39. The smallest absolute Gasteiger partial charge is 0.439 e. The van der Waals surface area contributed by atoms with Gasteiger partial charge in [0.1, 0.15) is 17.0 Å². The minimum Gasteiger partial charge on any atom is -0.439 e. The molecule has 35 heavy (non-hydrogen) atoms. The number of hydrogen-bond donors (Lipinski definition) is 1. The Morgan fingerprint density at radius 3 is 2.17 bits per heavy atom. The van der Waals surface area contributed by atoms with E-state index in [4.69, 9.17) is 4.42 Å². The molecule has 1 N–H and O–H groups in total. The van der Waals surface area contributed by atoms with E-state index in [1.165, 1.54) is 24.3 Å². The second-order valence-corrected chi connectivity index (χ2v) is 8.72. The summed E-state index contributed by atoms with van der Waals surface area (Å²) in [5, 5.41) is 0. The van der Waals surface area contributed by atoms with Gasteiger partial charge >= 0.3 is 12.5 Å². The molecule has 0 bridgehead atoms. The summed E-state index contributed by atoms with van der Waals surface area (Å²) >= 11 is 0. The molecule has 0 radical (unpaired) electrons. The van der Waals surface area contributed by atoms with Gasteiger partial charge in [-0.05, 0) is 30.7 Å². The topological polar surface area (TPSA) is 63.9 Å². The number of aromatic amines is 1. The first kappa shape index (κ1) is 26.4. The number of aromatic nitrogens is 3. The number of oxazole rings is 1. The summed E-state index contributed by atoms with van der Waals surface area (Å²) in [6.45, 7) is 7.43. The molecule has 0 aliphatic heterocycles. The van der Waals surface area contributed by atoms with Crippen molar-refractivity contribution in [2.75, 3.05) is 0 Å². The fourth-order valence-corrected chi connectivity index (χ4v) is 3.70. The molecule has 188 valence electrons. The highest BCUT2D eigenvalue weighted by molar-refractivity contribution is 5.88. The van der Waals surface area contributed by atoms with E-state index in [2.05, 4.69) is 19.7 Å². The van der Waals surface area contributed by atoms with Gasteiger partial charge in [0.05, 0.1) is 16.8 Å². The van der Waals surface area contributed by atoms with Crippen LogP contribution in [0.25, 0.3) is 33.9 Å². The number of hydrogen-bond acceptors (Lipinski definition) is 4. The molecule has 5 nitrogen and oxygen atoms in total. The van der Waals surface area contributed by atoms with E-state index in [1.54, 1.807) is 6.92 Å². The number of fused-ring (bicyclic) bond motifs is 1. The van der Waals surface area contributed by atoms with Crippen LogP contribution in [0.3, 0.4) is 0 Å². The third-order valence-corrected chi connectivity index (χ3v) is 5.03. The molecule has 0 saturated carbocycles. The van der Waals surface area contributed by atoms with Crippen molar-refractivity contribution in [2.45, 2.75) is 45.6 Å². The molecule has 0 spiro atoms. The first-order valence-electron chi connectivity index (χ1n) is 10.1. The van der Waals surface area contributed by atoms with Crippen LogP contribution in [0.2, 0.25) is 0 Å². The molecule has 0 aliphatic carbocycles. The molecule has 0 saturated heterocycles. The highest BCUT2D eigenvalue weighted by Crippen LogP contribution is 2.41. The van der Waals surface area contributed by atoms with Crippen molar-refractivity contribution < 1.29 is 35.5 Å². The van der Waals surface area contributed by atoms with E-state index >= 15 is 0 Å². The number of H-pyrrole nitrogens is 1. The van der Waals surface area contributed by atoms with E-state index in [0.717, 1.165) is 12.1 Å². The Morgan fingerprint density at radius 1 is 0.943 bits per heavy atom. The van der Waals surface area contributed by atoms with Crippen LogP contribution >= 0.6 is 12.4 Å². The van der Waals surface area contributed by atoms with Crippen molar-refractivity contribution in [3.63, 3.8) is 0 Å². The number of benzene rings is 2. The quantitative estimate of drug-likeness (QED) is 0.280. The maximum absolute atomic E-state index is 13.9. The van der Waals surface area contributed by atoms with Crippen molar-refractivity contribution in [3.8, 4) is 28.6 Å². The minimum atomic E-state index is -5.01. The Labute approximate surface area is 201 Å². The van der Waals surface area contributed by atoms with Crippen molar-refractivity contribution in [2.24, 2.45) is 0 Å². The molecule has 2 aromatic heterocycles. The fraction of sp³-hybridized carbons (Fsp3) is 0.304. The van der Waals surface area contributed by atoms with Gasteiger partial charge in [-0.3, -0.25) is 0 Å². The van der Waals surface area contributed by atoms with Crippen molar-refractivity contribution in [1.82, 2.24) is 15.0 Å².